The molecule has 1 aromatic carbocycles. The average Bonchev–Trinajstić information content (AvgIpc) is 2.47. The minimum Gasteiger partial charge on any atom is -0.366 e. The molecule has 2 rings (SSSR count). The molecule has 0 saturated carbocycles. The van der Waals surface area contributed by atoms with E-state index in [1.807, 2.05) is 18.0 Å². The van der Waals surface area contributed by atoms with Gasteiger partial charge in [0.25, 0.3) is 5.69 Å². The molecule has 0 atom stereocenters. The maximum Gasteiger partial charge on any atom is 0.292 e. The average molecular weight is 274 g/mol. The van der Waals surface area contributed by atoms with Crippen molar-refractivity contribution in [3.05, 3.63) is 33.9 Å². The highest BCUT2D eigenvalue weighted by atomic mass is 16.6. The van der Waals surface area contributed by atoms with Crippen molar-refractivity contribution in [3.8, 4) is 6.07 Å². The summed E-state index contributed by atoms with van der Waals surface area (Å²) >= 11 is 0. The molecule has 0 aromatic heterocycles. The number of nitrogens with zero attached hydrogens (tertiary/aromatic N) is 3. The first kappa shape index (κ1) is 14.3. The Morgan fingerprint density at radius 2 is 2.20 bits per heavy atom. The number of hydrogen-bond donors (Lipinski definition) is 1. The van der Waals surface area contributed by atoms with Crippen LogP contribution in [0.5, 0.6) is 0 Å². The van der Waals surface area contributed by atoms with Crippen molar-refractivity contribution in [1.29, 1.82) is 5.26 Å². The third-order valence-electron chi connectivity index (χ3n) is 3.75. The lowest BCUT2D eigenvalue weighted by molar-refractivity contribution is -0.384. The SMILES string of the molecule is CNCC1CCN(c2cc(C#N)ccc2[N+](=O)[O-])CC1. The van der Waals surface area contributed by atoms with Gasteiger partial charge >= 0.3 is 0 Å². The Morgan fingerprint density at radius 3 is 2.75 bits per heavy atom. The summed E-state index contributed by atoms with van der Waals surface area (Å²) in [6.07, 6.45) is 2.02. The van der Waals surface area contributed by atoms with Crippen molar-refractivity contribution in [2.45, 2.75) is 12.8 Å². The van der Waals surface area contributed by atoms with Gasteiger partial charge in [0.15, 0.2) is 0 Å². The first-order valence-corrected chi connectivity index (χ1v) is 6.73. The second kappa shape index (κ2) is 6.35. The Hall–Kier alpha value is -2.13. The second-order valence-electron chi connectivity index (χ2n) is 5.06. The van der Waals surface area contributed by atoms with Gasteiger partial charge in [-0.15, -0.1) is 0 Å². The van der Waals surface area contributed by atoms with E-state index in [2.05, 4.69) is 5.32 Å². The molecule has 1 saturated heterocycles. The molecule has 0 spiro atoms. The Kier molecular flexibility index (Phi) is 4.53. The Balaban J connectivity index is 2.20. The van der Waals surface area contributed by atoms with Gasteiger partial charge in [0.05, 0.1) is 16.6 Å². The quantitative estimate of drug-likeness (QED) is 0.670. The Bertz CT molecular complexity index is 530. The molecule has 6 heteroatoms. The third kappa shape index (κ3) is 3.06. The molecule has 0 aliphatic carbocycles. The van der Waals surface area contributed by atoms with Gasteiger partial charge in [-0.1, -0.05) is 0 Å². The van der Waals surface area contributed by atoms with Gasteiger partial charge in [-0.25, -0.2) is 0 Å². The third-order valence-corrected chi connectivity index (χ3v) is 3.75. The number of hydrogen-bond acceptors (Lipinski definition) is 5. The second-order valence-corrected chi connectivity index (χ2v) is 5.06. The summed E-state index contributed by atoms with van der Waals surface area (Å²) in [4.78, 5) is 12.8. The first-order chi connectivity index (χ1) is 9.65. The molecule has 0 amide bonds. The predicted molar refractivity (Wildman–Crippen MR) is 76.7 cm³/mol. The van der Waals surface area contributed by atoms with Gasteiger partial charge in [0.1, 0.15) is 5.69 Å². The number of nitro groups is 1. The molecule has 20 heavy (non-hydrogen) atoms. The molecule has 1 aromatic rings. The summed E-state index contributed by atoms with van der Waals surface area (Å²) in [6, 6.07) is 6.58. The van der Waals surface area contributed by atoms with Gasteiger partial charge in [-0.3, -0.25) is 10.1 Å². The van der Waals surface area contributed by atoms with Crippen LogP contribution < -0.4 is 10.2 Å². The lowest BCUT2D eigenvalue weighted by atomic mass is 9.96. The molecule has 1 aliphatic rings. The minimum absolute atomic E-state index is 0.0797. The summed E-state index contributed by atoms with van der Waals surface area (Å²) in [5, 5.41) is 23.2. The van der Waals surface area contributed by atoms with Crippen LogP contribution in [-0.2, 0) is 0 Å². The highest BCUT2D eigenvalue weighted by Gasteiger charge is 2.24. The molecule has 0 radical (unpaired) electrons. The molecule has 0 unspecified atom stereocenters. The highest BCUT2D eigenvalue weighted by molar-refractivity contribution is 5.66. The highest BCUT2D eigenvalue weighted by Crippen LogP contribution is 2.32. The largest absolute Gasteiger partial charge is 0.366 e. The van der Waals surface area contributed by atoms with Crippen molar-refractivity contribution < 1.29 is 4.92 Å². The Labute approximate surface area is 118 Å². The van der Waals surface area contributed by atoms with E-state index >= 15 is 0 Å². The molecule has 1 heterocycles. The molecular formula is C14H18N4O2. The van der Waals surface area contributed by atoms with Crippen LogP contribution in [0.3, 0.4) is 0 Å². The van der Waals surface area contributed by atoms with Gasteiger partial charge in [-0.05, 0) is 44.5 Å². The molecule has 1 fully saturated rings. The smallest absolute Gasteiger partial charge is 0.292 e. The van der Waals surface area contributed by atoms with Crippen molar-refractivity contribution in [1.82, 2.24) is 5.32 Å². The zero-order valence-electron chi connectivity index (χ0n) is 11.5. The maximum absolute atomic E-state index is 11.1. The van der Waals surface area contributed by atoms with E-state index in [1.54, 1.807) is 6.07 Å². The minimum atomic E-state index is -0.379. The van der Waals surface area contributed by atoms with Gasteiger partial charge in [0, 0.05) is 19.2 Å². The molecule has 0 bridgehead atoms. The summed E-state index contributed by atoms with van der Waals surface area (Å²) < 4.78 is 0. The zero-order valence-corrected chi connectivity index (χ0v) is 11.5. The van der Waals surface area contributed by atoms with Crippen molar-refractivity contribution in [2.24, 2.45) is 5.92 Å². The lowest BCUT2D eigenvalue weighted by Crippen LogP contribution is -2.37. The lowest BCUT2D eigenvalue weighted by Gasteiger charge is -2.33. The van der Waals surface area contributed by atoms with Crippen LogP contribution in [0.15, 0.2) is 18.2 Å². The number of nitro benzene ring substituents is 1. The van der Waals surface area contributed by atoms with E-state index in [0.717, 1.165) is 32.5 Å². The van der Waals surface area contributed by atoms with Crippen LogP contribution in [0.4, 0.5) is 11.4 Å². The topological polar surface area (TPSA) is 82.2 Å². The van der Waals surface area contributed by atoms with Crippen LogP contribution in [0.2, 0.25) is 0 Å². The first-order valence-electron chi connectivity index (χ1n) is 6.73. The van der Waals surface area contributed by atoms with Crippen LogP contribution in [0.1, 0.15) is 18.4 Å². The van der Waals surface area contributed by atoms with Crippen LogP contribution in [-0.4, -0.2) is 31.6 Å². The van der Waals surface area contributed by atoms with Gasteiger partial charge in [0.2, 0.25) is 0 Å². The summed E-state index contributed by atoms with van der Waals surface area (Å²) in [6.45, 7) is 2.57. The van der Waals surface area contributed by atoms with E-state index in [9.17, 15) is 10.1 Å². The standard InChI is InChI=1S/C14H18N4O2/c1-16-10-11-4-6-17(7-5-11)14-8-12(9-15)2-3-13(14)18(19)20/h2-3,8,11,16H,4-7,10H2,1H3. The maximum atomic E-state index is 11.1. The van der Waals surface area contributed by atoms with Crippen LogP contribution in [0, 0.1) is 27.4 Å². The van der Waals surface area contributed by atoms with E-state index in [0.29, 0.717) is 17.2 Å². The summed E-state index contributed by atoms with van der Waals surface area (Å²) in [7, 11) is 1.94. The fourth-order valence-electron chi connectivity index (χ4n) is 2.67. The monoisotopic (exact) mass is 274 g/mol. The van der Waals surface area contributed by atoms with E-state index in [-0.39, 0.29) is 10.6 Å². The van der Waals surface area contributed by atoms with Gasteiger partial charge in [-0.2, -0.15) is 5.26 Å². The molecule has 6 nitrogen and oxygen atoms in total. The number of nitriles is 1. The molecule has 106 valence electrons. The van der Waals surface area contributed by atoms with E-state index in [4.69, 9.17) is 5.26 Å². The Morgan fingerprint density at radius 1 is 1.50 bits per heavy atom. The van der Waals surface area contributed by atoms with Crippen molar-refractivity contribution >= 4 is 11.4 Å². The molecular weight excluding hydrogens is 256 g/mol. The zero-order chi connectivity index (χ0) is 14.5. The molecule has 1 aliphatic heterocycles. The molecule has 1 N–H and O–H groups in total. The fourth-order valence-corrected chi connectivity index (χ4v) is 2.67. The van der Waals surface area contributed by atoms with Crippen molar-refractivity contribution in [2.75, 3.05) is 31.6 Å². The fraction of sp³-hybridized carbons (Fsp3) is 0.500. The van der Waals surface area contributed by atoms with Gasteiger partial charge < -0.3 is 10.2 Å². The van der Waals surface area contributed by atoms with Crippen LogP contribution >= 0.6 is 0 Å². The van der Waals surface area contributed by atoms with E-state index < -0.39 is 0 Å². The van der Waals surface area contributed by atoms with Crippen molar-refractivity contribution in [3.63, 3.8) is 0 Å². The predicted octanol–water partition coefficient (Wildman–Crippen LogP) is 1.90. The number of benzene rings is 1. The number of piperidine rings is 1. The summed E-state index contributed by atoms with van der Waals surface area (Å²) in [5.74, 6) is 0.620. The normalized spacial score (nSPS) is 15.9. The van der Waals surface area contributed by atoms with E-state index in [1.165, 1.54) is 12.1 Å². The number of anilines is 1. The van der Waals surface area contributed by atoms with Crippen LogP contribution in [0.25, 0.3) is 0 Å². The number of rotatable bonds is 4. The summed E-state index contributed by atoms with van der Waals surface area (Å²) in [5.41, 5.74) is 1.11. The number of nitrogens with one attached hydrogen (secondary N) is 1.